The second kappa shape index (κ2) is 7.60. The fourth-order valence-corrected chi connectivity index (χ4v) is 1.97. The molecule has 2 aromatic rings. The van der Waals surface area contributed by atoms with Gasteiger partial charge in [0, 0.05) is 30.7 Å². The molecule has 0 aliphatic carbocycles. The lowest BCUT2D eigenvalue weighted by atomic mass is 10.3. The summed E-state index contributed by atoms with van der Waals surface area (Å²) in [6.07, 6.45) is 5.20. The Labute approximate surface area is 134 Å². The average molecular weight is 322 g/mol. The number of rotatable bonds is 6. The topological polar surface area (TPSA) is 68.6 Å². The van der Waals surface area contributed by atoms with Crippen LogP contribution in [0.5, 0.6) is 11.5 Å². The van der Waals surface area contributed by atoms with Gasteiger partial charge in [-0.05, 0) is 12.1 Å². The van der Waals surface area contributed by atoms with Crippen LogP contribution in [0.4, 0.5) is 10.5 Å². The van der Waals surface area contributed by atoms with Gasteiger partial charge in [0.1, 0.15) is 0 Å². The van der Waals surface area contributed by atoms with Crippen LogP contribution in [-0.2, 0) is 6.54 Å². The van der Waals surface area contributed by atoms with Crippen molar-refractivity contribution in [3.8, 4) is 11.5 Å². The number of anilines is 1. The zero-order chi connectivity index (χ0) is 15.9. The normalized spacial score (nSPS) is 10.1. The molecule has 0 saturated heterocycles. The summed E-state index contributed by atoms with van der Waals surface area (Å²) in [5.74, 6) is 1.15. The highest BCUT2D eigenvalue weighted by molar-refractivity contribution is 7.78. The molecule has 22 heavy (non-hydrogen) atoms. The Morgan fingerprint density at radius 3 is 2.77 bits per heavy atom. The maximum atomic E-state index is 12.1. The number of thiol groups is 1. The first-order valence-electron chi connectivity index (χ1n) is 6.59. The highest BCUT2D eigenvalue weighted by Gasteiger charge is 2.11. The van der Waals surface area contributed by atoms with Crippen molar-refractivity contribution >= 4 is 24.5 Å². The molecule has 0 bridgehead atoms. The van der Waals surface area contributed by atoms with Gasteiger partial charge in [0.2, 0.25) is 0 Å². The van der Waals surface area contributed by atoms with Gasteiger partial charge in [-0.25, -0.2) is 9.78 Å². The molecule has 2 rings (SSSR count). The van der Waals surface area contributed by atoms with Gasteiger partial charge in [0.05, 0.1) is 27.1 Å². The molecular formula is C14H18N4O3S. The van der Waals surface area contributed by atoms with Crippen molar-refractivity contribution < 1.29 is 14.3 Å². The van der Waals surface area contributed by atoms with Crippen LogP contribution < -0.4 is 14.8 Å². The molecule has 0 spiro atoms. The summed E-state index contributed by atoms with van der Waals surface area (Å²) in [5.41, 5.74) is 0.601. The van der Waals surface area contributed by atoms with E-state index < -0.39 is 0 Å². The quantitative estimate of drug-likeness (QED) is 0.801. The lowest BCUT2D eigenvalue weighted by molar-refractivity contribution is 0.238. The minimum absolute atomic E-state index is 0.323. The number of amides is 2. The molecule has 1 aromatic carbocycles. The smallest absolute Gasteiger partial charge is 0.331 e. The van der Waals surface area contributed by atoms with Crippen LogP contribution in [0.1, 0.15) is 0 Å². The van der Waals surface area contributed by atoms with E-state index in [0.717, 1.165) is 0 Å². The van der Waals surface area contributed by atoms with E-state index in [1.54, 1.807) is 44.9 Å². The second-order valence-corrected chi connectivity index (χ2v) is 4.91. The van der Waals surface area contributed by atoms with Crippen molar-refractivity contribution in [3.05, 3.63) is 36.9 Å². The molecule has 0 fully saturated rings. The average Bonchev–Trinajstić information content (AvgIpc) is 3.05. The van der Waals surface area contributed by atoms with Gasteiger partial charge in [0.15, 0.2) is 11.5 Å². The van der Waals surface area contributed by atoms with E-state index in [4.69, 9.17) is 9.47 Å². The van der Waals surface area contributed by atoms with E-state index in [1.807, 2.05) is 10.8 Å². The fourth-order valence-electron chi connectivity index (χ4n) is 1.83. The summed E-state index contributed by atoms with van der Waals surface area (Å²) in [6, 6.07) is 4.82. The van der Waals surface area contributed by atoms with E-state index in [0.29, 0.717) is 30.3 Å². The fraction of sp³-hybridized carbons (Fsp3) is 0.286. The van der Waals surface area contributed by atoms with E-state index in [1.165, 1.54) is 4.31 Å². The summed E-state index contributed by atoms with van der Waals surface area (Å²) in [7, 11) is 3.10. The Morgan fingerprint density at radius 1 is 1.36 bits per heavy atom. The Morgan fingerprint density at radius 2 is 2.14 bits per heavy atom. The van der Waals surface area contributed by atoms with Crippen molar-refractivity contribution in [2.45, 2.75) is 6.54 Å². The standard InChI is InChI=1S/C14H18N4O3S/c1-20-12-4-3-11(9-13(12)21-2)16-14(19)18(22)8-7-17-6-5-15-10-17/h3-6,9-10,22H,7-8H2,1-2H3,(H,16,19). The lowest BCUT2D eigenvalue weighted by Crippen LogP contribution is -2.29. The Bertz CT molecular complexity index is 619. The van der Waals surface area contributed by atoms with Gasteiger partial charge in [-0.15, -0.1) is 0 Å². The third-order valence-electron chi connectivity index (χ3n) is 3.00. The predicted octanol–water partition coefficient (Wildman–Crippen LogP) is 2.28. The third kappa shape index (κ3) is 4.08. The van der Waals surface area contributed by atoms with E-state index in [9.17, 15) is 4.79 Å². The van der Waals surface area contributed by atoms with Crippen LogP contribution in [0, 0.1) is 0 Å². The monoisotopic (exact) mass is 322 g/mol. The molecule has 0 aliphatic heterocycles. The van der Waals surface area contributed by atoms with Crippen molar-refractivity contribution in [1.29, 1.82) is 0 Å². The van der Waals surface area contributed by atoms with Crippen LogP contribution >= 0.6 is 12.8 Å². The Kier molecular flexibility index (Phi) is 5.54. The molecular weight excluding hydrogens is 304 g/mol. The molecule has 118 valence electrons. The maximum absolute atomic E-state index is 12.1. The minimum Gasteiger partial charge on any atom is -0.493 e. The summed E-state index contributed by atoms with van der Waals surface area (Å²) < 4.78 is 13.5. The van der Waals surface area contributed by atoms with Gasteiger partial charge >= 0.3 is 6.03 Å². The van der Waals surface area contributed by atoms with Crippen LogP contribution in [0.15, 0.2) is 36.9 Å². The highest BCUT2D eigenvalue weighted by Crippen LogP contribution is 2.29. The Hall–Kier alpha value is -2.35. The zero-order valence-electron chi connectivity index (χ0n) is 12.4. The molecule has 0 radical (unpaired) electrons. The zero-order valence-corrected chi connectivity index (χ0v) is 13.3. The van der Waals surface area contributed by atoms with Gasteiger partial charge in [-0.3, -0.25) is 4.31 Å². The van der Waals surface area contributed by atoms with Crippen molar-refractivity contribution in [1.82, 2.24) is 13.9 Å². The number of ether oxygens (including phenoxy) is 2. The first-order valence-corrected chi connectivity index (χ1v) is 6.99. The second-order valence-electron chi connectivity index (χ2n) is 4.42. The van der Waals surface area contributed by atoms with E-state index >= 15 is 0 Å². The number of carbonyl (C=O) groups is 1. The van der Waals surface area contributed by atoms with Gasteiger partial charge < -0.3 is 19.4 Å². The number of benzene rings is 1. The van der Waals surface area contributed by atoms with Crippen molar-refractivity contribution in [3.63, 3.8) is 0 Å². The molecule has 2 amide bonds. The molecule has 1 aromatic heterocycles. The number of methoxy groups -OCH3 is 2. The van der Waals surface area contributed by atoms with Crippen LogP contribution in [-0.4, -0.2) is 40.7 Å². The van der Waals surface area contributed by atoms with E-state index in [2.05, 4.69) is 23.1 Å². The Balaban J connectivity index is 1.93. The molecule has 7 nitrogen and oxygen atoms in total. The first-order chi connectivity index (χ1) is 10.6. The number of hydrogen-bond donors (Lipinski definition) is 2. The summed E-state index contributed by atoms with van der Waals surface area (Å²) in [4.78, 5) is 16.0. The van der Waals surface area contributed by atoms with Crippen molar-refractivity contribution in [2.75, 3.05) is 26.1 Å². The van der Waals surface area contributed by atoms with Gasteiger partial charge in [-0.2, -0.15) is 0 Å². The van der Waals surface area contributed by atoms with Crippen LogP contribution in [0.2, 0.25) is 0 Å². The number of nitrogens with one attached hydrogen (secondary N) is 1. The van der Waals surface area contributed by atoms with E-state index in [-0.39, 0.29) is 6.03 Å². The molecule has 1 N–H and O–H groups in total. The number of nitrogens with zero attached hydrogens (tertiary/aromatic N) is 3. The summed E-state index contributed by atoms with van der Waals surface area (Å²) in [5, 5.41) is 2.75. The third-order valence-corrected chi connectivity index (χ3v) is 3.38. The highest BCUT2D eigenvalue weighted by atomic mass is 32.1. The molecule has 0 saturated carbocycles. The molecule has 0 unspecified atom stereocenters. The molecule has 0 aliphatic rings. The maximum Gasteiger partial charge on any atom is 0.331 e. The molecule has 1 heterocycles. The van der Waals surface area contributed by atoms with Gasteiger partial charge in [-0.1, -0.05) is 12.8 Å². The predicted molar refractivity (Wildman–Crippen MR) is 86.5 cm³/mol. The molecule has 0 atom stereocenters. The largest absolute Gasteiger partial charge is 0.493 e. The SMILES string of the molecule is COc1ccc(NC(=O)N(S)CCn2ccnc2)cc1OC. The van der Waals surface area contributed by atoms with Crippen LogP contribution in [0.3, 0.4) is 0 Å². The number of imidazole rings is 1. The minimum atomic E-state index is -0.323. The van der Waals surface area contributed by atoms with Gasteiger partial charge in [0.25, 0.3) is 0 Å². The number of hydrogen-bond acceptors (Lipinski definition) is 5. The van der Waals surface area contributed by atoms with Crippen LogP contribution in [0.25, 0.3) is 0 Å². The summed E-state index contributed by atoms with van der Waals surface area (Å²) >= 11 is 4.19. The lowest BCUT2D eigenvalue weighted by Gasteiger charge is -2.17. The molecule has 8 heteroatoms. The number of carbonyl (C=O) groups excluding carboxylic acids is 1. The first kappa shape index (κ1) is 16.0. The number of aromatic nitrogens is 2. The van der Waals surface area contributed by atoms with Crippen molar-refractivity contribution in [2.24, 2.45) is 0 Å². The number of urea groups is 1. The summed E-state index contributed by atoms with van der Waals surface area (Å²) in [6.45, 7) is 1.06.